The maximum absolute atomic E-state index is 11.8. The number of rotatable bonds is 4. The highest BCUT2D eigenvalue weighted by Crippen LogP contribution is 2.26. The van der Waals surface area contributed by atoms with E-state index in [0.717, 1.165) is 5.69 Å². The van der Waals surface area contributed by atoms with Crippen molar-refractivity contribution in [3.8, 4) is 0 Å². The Morgan fingerprint density at radius 3 is 3.10 bits per heavy atom. The number of nitrogens with two attached hydrogens (primary N) is 1. The zero-order valence-electron chi connectivity index (χ0n) is 11.5. The van der Waals surface area contributed by atoms with E-state index in [1.807, 2.05) is 4.90 Å². The topological polar surface area (TPSA) is 85.0 Å². The van der Waals surface area contributed by atoms with Crippen LogP contribution in [0.1, 0.15) is 17.3 Å². The van der Waals surface area contributed by atoms with Crippen LogP contribution in [0.5, 0.6) is 0 Å². The fourth-order valence-electron chi connectivity index (χ4n) is 2.21. The van der Waals surface area contributed by atoms with E-state index in [2.05, 4.69) is 0 Å². The molecule has 3 N–H and O–H groups in total. The van der Waals surface area contributed by atoms with Gasteiger partial charge in [-0.1, -0.05) is 0 Å². The minimum atomic E-state index is -0.360. The second-order valence-electron chi connectivity index (χ2n) is 4.62. The third-order valence-corrected chi connectivity index (χ3v) is 3.22. The van der Waals surface area contributed by atoms with Gasteiger partial charge in [-0.2, -0.15) is 0 Å². The predicted octanol–water partition coefficient (Wildman–Crippen LogP) is 0.643. The van der Waals surface area contributed by atoms with Crippen LogP contribution >= 0.6 is 0 Å². The summed E-state index contributed by atoms with van der Waals surface area (Å²) in [5, 5.41) is 9.18. The van der Waals surface area contributed by atoms with Gasteiger partial charge in [0.2, 0.25) is 0 Å². The molecule has 1 fully saturated rings. The van der Waals surface area contributed by atoms with Crippen molar-refractivity contribution in [2.45, 2.75) is 13.0 Å². The van der Waals surface area contributed by atoms with Crippen LogP contribution in [0.2, 0.25) is 0 Å². The van der Waals surface area contributed by atoms with Crippen LogP contribution in [0.25, 0.3) is 0 Å². The van der Waals surface area contributed by atoms with E-state index >= 15 is 0 Å². The van der Waals surface area contributed by atoms with Gasteiger partial charge in [0.05, 0.1) is 42.9 Å². The third kappa shape index (κ3) is 3.20. The average molecular weight is 280 g/mol. The van der Waals surface area contributed by atoms with Crippen molar-refractivity contribution in [3.05, 3.63) is 23.8 Å². The number of benzene rings is 1. The molecule has 1 heterocycles. The lowest BCUT2D eigenvalue weighted by Gasteiger charge is -2.34. The highest BCUT2D eigenvalue weighted by atomic mass is 16.5. The zero-order valence-corrected chi connectivity index (χ0v) is 11.5. The van der Waals surface area contributed by atoms with Gasteiger partial charge in [-0.15, -0.1) is 0 Å². The van der Waals surface area contributed by atoms with Crippen LogP contribution in [-0.4, -0.2) is 50.1 Å². The fourth-order valence-corrected chi connectivity index (χ4v) is 2.21. The fraction of sp³-hybridized carbons (Fsp3) is 0.500. The smallest absolute Gasteiger partial charge is 0.338 e. The number of hydrogen-bond acceptors (Lipinski definition) is 6. The number of morpholine rings is 1. The molecule has 1 aromatic carbocycles. The Labute approximate surface area is 118 Å². The molecular formula is C14H20N2O4. The molecule has 0 radical (unpaired) electrons. The van der Waals surface area contributed by atoms with Crippen LogP contribution in [0.3, 0.4) is 0 Å². The van der Waals surface area contributed by atoms with E-state index in [1.54, 1.807) is 25.1 Å². The lowest BCUT2D eigenvalue weighted by atomic mass is 10.1. The number of esters is 1. The van der Waals surface area contributed by atoms with Crippen molar-refractivity contribution in [2.24, 2.45) is 0 Å². The number of ether oxygens (including phenoxy) is 2. The summed E-state index contributed by atoms with van der Waals surface area (Å²) in [5.74, 6) is -0.360. The molecule has 0 spiro atoms. The molecule has 2 rings (SSSR count). The minimum absolute atomic E-state index is 0.0338. The van der Waals surface area contributed by atoms with Gasteiger partial charge in [-0.25, -0.2) is 4.79 Å². The van der Waals surface area contributed by atoms with E-state index in [-0.39, 0.29) is 18.7 Å². The molecule has 1 aliphatic heterocycles. The van der Waals surface area contributed by atoms with E-state index in [1.165, 1.54) is 0 Å². The number of aliphatic hydroxyl groups is 1. The lowest BCUT2D eigenvalue weighted by Crippen LogP contribution is -2.44. The van der Waals surface area contributed by atoms with Crippen molar-refractivity contribution in [2.75, 3.05) is 43.5 Å². The van der Waals surface area contributed by atoms with Gasteiger partial charge in [0.15, 0.2) is 0 Å². The van der Waals surface area contributed by atoms with Crippen molar-refractivity contribution in [1.29, 1.82) is 0 Å². The number of nitrogen functional groups attached to an aromatic ring is 1. The second kappa shape index (κ2) is 6.58. The number of nitrogens with zero attached hydrogens (tertiary/aromatic N) is 1. The van der Waals surface area contributed by atoms with Gasteiger partial charge in [-0.3, -0.25) is 0 Å². The summed E-state index contributed by atoms with van der Waals surface area (Å²) < 4.78 is 10.4. The Morgan fingerprint density at radius 2 is 2.40 bits per heavy atom. The van der Waals surface area contributed by atoms with Crippen LogP contribution in [-0.2, 0) is 9.47 Å². The number of anilines is 2. The molecule has 110 valence electrons. The van der Waals surface area contributed by atoms with Crippen molar-refractivity contribution in [1.82, 2.24) is 0 Å². The van der Waals surface area contributed by atoms with Gasteiger partial charge in [-0.05, 0) is 25.1 Å². The first-order valence-electron chi connectivity index (χ1n) is 6.69. The first-order chi connectivity index (χ1) is 9.65. The normalized spacial score (nSPS) is 18.9. The molecule has 0 saturated carbocycles. The monoisotopic (exact) mass is 280 g/mol. The third-order valence-electron chi connectivity index (χ3n) is 3.22. The molecule has 0 amide bonds. The second-order valence-corrected chi connectivity index (χ2v) is 4.62. The number of aliphatic hydroxyl groups excluding tert-OH is 1. The van der Waals surface area contributed by atoms with Crippen molar-refractivity contribution in [3.63, 3.8) is 0 Å². The summed E-state index contributed by atoms with van der Waals surface area (Å²) in [5.41, 5.74) is 7.83. The Hall–Kier alpha value is -1.79. The van der Waals surface area contributed by atoms with Gasteiger partial charge in [0.1, 0.15) is 0 Å². The average Bonchev–Trinajstić information content (AvgIpc) is 2.48. The van der Waals surface area contributed by atoms with Gasteiger partial charge >= 0.3 is 5.97 Å². The van der Waals surface area contributed by atoms with Gasteiger partial charge in [0.25, 0.3) is 0 Å². The van der Waals surface area contributed by atoms with E-state index in [0.29, 0.717) is 37.6 Å². The molecule has 0 aromatic heterocycles. The van der Waals surface area contributed by atoms with Gasteiger partial charge in [0, 0.05) is 13.1 Å². The highest BCUT2D eigenvalue weighted by Gasteiger charge is 2.22. The minimum Gasteiger partial charge on any atom is -0.462 e. The SMILES string of the molecule is CCOC(=O)c1ccc(N)c(N2CCOC(CO)C2)c1. The number of carbonyl (C=O) groups excluding carboxylic acids is 1. The van der Waals surface area contributed by atoms with Gasteiger partial charge < -0.3 is 25.2 Å². The maximum atomic E-state index is 11.8. The standard InChI is InChI=1S/C14H20N2O4/c1-2-19-14(18)10-3-4-12(15)13(7-10)16-5-6-20-11(8-16)9-17/h3-4,7,11,17H,2,5-6,8-9,15H2,1H3. The first kappa shape index (κ1) is 14.6. The molecule has 0 bridgehead atoms. The molecule has 1 aliphatic rings. The Morgan fingerprint density at radius 1 is 1.60 bits per heavy atom. The summed E-state index contributed by atoms with van der Waals surface area (Å²) in [6, 6.07) is 5.08. The van der Waals surface area contributed by atoms with Crippen LogP contribution in [0.15, 0.2) is 18.2 Å². The molecule has 6 nitrogen and oxygen atoms in total. The van der Waals surface area contributed by atoms with Crippen LogP contribution in [0, 0.1) is 0 Å². The summed E-state index contributed by atoms with van der Waals surface area (Å²) in [4.78, 5) is 13.8. The first-order valence-corrected chi connectivity index (χ1v) is 6.69. The molecule has 1 aromatic rings. The largest absolute Gasteiger partial charge is 0.462 e. The molecule has 20 heavy (non-hydrogen) atoms. The van der Waals surface area contributed by atoms with E-state index < -0.39 is 0 Å². The maximum Gasteiger partial charge on any atom is 0.338 e. The molecule has 1 unspecified atom stereocenters. The van der Waals surface area contributed by atoms with E-state index in [9.17, 15) is 9.90 Å². The summed E-state index contributed by atoms with van der Waals surface area (Å²) >= 11 is 0. The van der Waals surface area contributed by atoms with Crippen molar-refractivity contribution >= 4 is 17.3 Å². The molecular weight excluding hydrogens is 260 g/mol. The predicted molar refractivity (Wildman–Crippen MR) is 75.8 cm³/mol. The summed E-state index contributed by atoms with van der Waals surface area (Å²) in [6.45, 7) is 3.81. The highest BCUT2D eigenvalue weighted by molar-refractivity contribution is 5.92. The number of hydrogen-bond donors (Lipinski definition) is 2. The number of carbonyl (C=O) groups is 1. The molecule has 0 aliphatic carbocycles. The molecule has 6 heteroatoms. The summed E-state index contributed by atoms with van der Waals surface area (Å²) in [6.07, 6.45) is -0.227. The Balaban J connectivity index is 2.21. The summed E-state index contributed by atoms with van der Waals surface area (Å²) in [7, 11) is 0. The van der Waals surface area contributed by atoms with Crippen LogP contribution in [0.4, 0.5) is 11.4 Å². The Bertz CT molecular complexity index is 478. The molecule has 1 atom stereocenters. The Kier molecular flexibility index (Phi) is 4.81. The quantitative estimate of drug-likeness (QED) is 0.622. The van der Waals surface area contributed by atoms with Crippen LogP contribution < -0.4 is 10.6 Å². The van der Waals surface area contributed by atoms with E-state index in [4.69, 9.17) is 15.2 Å². The van der Waals surface area contributed by atoms with Crippen molar-refractivity contribution < 1.29 is 19.4 Å². The lowest BCUT2D eigenvalue weighted by molar-refractivity contribution is 0.00360. The zero-order chi connectivity index (χ0) is 14.5. The molecule has 1 saturated heterocycles.